The summed E-state index contributed by atoms with van der Waals surface area (Å²) in [6.07, 6.45) is 4.85. The smallest absolute Gasteiger partial charge is 0.304 e. The zero-order valence-corrected chi connectivity index (χ0v) is 24.4. The summed E-state index contributed by atoms with van der Waals surface area (Å²) in [5, 5.41) is 25.6. The molecule has 2 aliphatic rings. The molecule has 0 aliphatic carbocycles. The first kappa shape index (κ1) is 27.4. The van der Waals surface area contributed by atoms with Crippen LogP contribution in [0.2, 0.25) is 0 Å². The molecule has 0 bridgehead atoms. The van der Waals surface area contributed by atoms with E-state index in [9.17, 15) is 9.90 Å². The first-order valence-electron chi connectivity index (χ1n) is 12.8. The standard InChI is InChI=1S/C25H32BrN7O3S2/c1-16-3-2-5-33(16)14-20-23(19-11-17(26)15-37-19)29-25(38-20)30-24(36)18-12-28-21(13-27-18)32-9-7-31(8-10-32)6-4-22(34)35/h11-13,15-16,24,36H,2-10,14H2,1H3,(H,29,30)(H,34,35)/t16-,24?/m1/s1. The number of aliphatic hydroxyl groups excluding tert-OH is 1. The number of carbonyl (C=O) groups is 1. The van der Waals surface area contributed by atoms with Gasteiger partial charge in [0.05, 0.1) is 29.4 Å². The number of halogens is 1. The molecule has 0 radical (unpaired) electrons. The van der Waals surface area contributed by atoms with Crippen LogP contribution in [0, 0.1) is 0 Å². The van der Waals surface area contributed by atoms with Crippen molar-refractivity contribution in [1.29, 1.82) is 0 Å². The summed E-state index contributed by atoms with van der Waals surface area (Å²) in [6.45, 7) is 7.87. The van der Waals surface area contributed by atoms with E-state index in [1.165, 1.54) is 17.7 Å². The minimum absolute atomic E-state index is 0.156. The average Bonchev–Trinajstić information content (AvgIpc) is 3.63. The zero-order valence-electron chi connectivity index (χ0n) is 21.2. The Morgan fingerprint density at radius 2 is 2.05 bits per heavy atom. The number of aromatic nitrogens is 3. The van der Waals surface area contributed by atoms with Crippen LogP contribution in [0.4, 0.5) is 10.9 Å². The Morgan fingerprint density at radius 1 is 1.24 bits per heavy atom. The summed E-state index contributed by atoms with van der Waals surface area (Å²) < 4.78 is 1.04. The summed E-state index contributed by atoms with van der Waals surface area (Å²) in [6, 6.07) is 2.65. The van der Waals surface area contributed by atoms with Gasteiger partial charge >= 0.3 is 5.97 Å². The van der Waals surface area contributed by atoms with Crippen molar-refractivity contribution in [3.63, 3.8) is 0 Å². The van der Waals surface area contributed by atoms with E-state index in [0.717, 1.165) is 60.1 Å². The number of carboxylic acids is 1. The molecule has 204 valence electrons. The minimum atomic E-state index is -1.03. The predicted octanol–water partition coefficient (Wildman–Crippen LogP) is 4.11. The minimum Gasteiger partial charge on any atom is -0.481 e. The average molecular weight is 623 g/mol. The van der Waals surface area contributed by atoms with Crippen LogP contribution in [0.15, 0.2) is 28.3 Å². The second-order valence-electron chi connectivity index (χ2n) is 9.70. The van der Waals surface area contributed by atoms with Crippen LogP contribution in [0.1, 0.15) is 43.0 Å². The van der Waals surface area contributed by atoms with Gasteiger partial charge in [-0.1, -0.05) is 11.3 Å². The van der Waals surface area contributed by atoms with E-state index in [1.807, 2.05) is 0 Å². The Hall–Kier alpha value is -2.16. The van der Waals surface area contributed by atoms with E-state index in [2.05, 4.69) is 64.3 Å². The number of nitrogens with one attached hydrogen (secondary N) is 1. The van der Waals surface area contributed by atoms with Gasteiger partial charge in [-0.25, -0.2) is 9.97 Å². The number of carboxylic acid groups (broad SMARTS) is 1. The lowest BCUT2D eigenvalue weighted by molar-refractivity contribution is -0.137. The van der Waals surface area contributed by atoms with Crippen LogP contribution in [0.3, 0.4) is 0 Å². The van der Waals surface area contributed by atoms with Gasteiger partial charge in [-0.3, -0.25) is 19.6 Å². The van der Waals surface area contributed by atoms with Gasteiger partial charge in [-0.15, -0.1) is 11.3 Å². The number of rotatable bonds is 10. The normalized spacial score (nSPS) is 19.7. The molecule has 2 aliphatic heterocycles. The first-order chi connectivity index (χ1) is 18.4. The Balaban J connectivity index is 1.23. The van der Waals surface area contributed by atoms with Gasteiger partial charge in [0.25, 0.3) is 0 Å². The van der Waals surface area contributed by atoms with Gasteiger partial charge in [0.1, 0.15) is 11.5 Å². The fraction of sp³-hybridized carbons (Fsp3) is 0.520. The van der Waals surface area contributed by atoms with Crippen molar-refractivity contribution < 1.29 is 15.0 Å². The molecule has 5 heterocycles. The van der Waals surface area contributed by atoms with Crippen LogP contribution in [0.5, 0.6) is 0 Å². The first-order valence-corrected chi connectivity index (χ1v) is 15.3. The Bertz CT molecular complexity index is 1230. The fourth-order valence-electron chi connectivity index (χ4n) is 4.84. The highest BCUT2D eigenvalue weighted by molar-refractivity contribution is 9.10. The monoisotopic (exact) mass is 621 g/mol. The number of thiazole rings is 1. The molecule has 0 spiro atoms. The number of piperazine rings is 1. The highest BCUT2D eigenvalue weighted by Crippen LogP contribution is 2.38. The lowest BCUT2D eigenvalue weighted by Crippen LogP contribution is -2.47. The Kier molecular flexibility index (Phi) is 8.91. The summed E-state index contributed by atoms with van der Waals surface area (Å²) >= 11 is 6.79. The van der Waals surface area contributed by atoms with Gasteiger partial charge in [0.2, 0.25) is 0 Å². The van der Waals surface area contributed by atoms with Crippen molar-refractivity contribution in [1.82, 2.24) is 24.8 Å². The van der Waals surface area contributed by atoms with E-state index in [0.29, 0.717) is 23.4 Å². The maximum absolute atomic E-state index is 10.9. The molecule has 2 fully saturated rings. The molecule has 10 nitrogen and oxygen atoms in total. The van der Waals surface area contributed by atoms with Gasteiger partial charge in [0, 0.05) is 60.0 Å². The van der Waals surface area contributed by atoms with Gasteiger partial charge < -0.3 is 20.4 Å². The number of hydrogen-bond donors (Lipinski definition) is 3. The topological polar surface area (TPSA) is 118 Å². The van der Waals surface area contributed by atoms with Crippen LogP contribution in [0.25, 0.3) is 10.6 Å². The lowest BCUT2D eigenvalue weighted by atomic mass is 10.2. The Labute approximate surface area is 238 Å². The molecule has 0 saturated carbocycles. The van der Waals surface area contributed by atoms with Crippen LogP contribution < -0.4 is 10.2 Å². The number of likely N-dealkylation sites (tertiary alicyclic amines) is 1. The van der Waals surface area contributed by atoms with Crippen molar-refractivity contribution >= 4 is 55.5 Å². The van der Waals surface area contributed by atoms with E-state index >= 15 is 0 Å². The number of nitrogens with zero attached hydrogens (tertiary/aromatic N) is 6. The third kappa shape index (κ3) is 6.69. The molecule has 2 atom stereocenters. The van der Waals surface area contributed by atoms with Crippen molar-refractivity contribution in [3.05, 3.63) is 38.9 Å². The number of aliphatic hydroxyl groups is 1. The maximum atomic E-state index is 10.9. The molecule has 38 heavy (non-hydrogen) atoms. The molecular weight excluding hydrogens is 590 g/mol. The van der Waals surface area contributed by atoms with Gasteiger partial charge in [-0.05, 0) is 48.3 Å². The Morgan fingerprint density at radius 3 is 2.68 bits per heavy atom. The molecule has 13 heteroatoms. The molecule has 2 saturated heterocycles. The number of aliphatic carboxylic acids is 1. The van der Waals surface area contributed by atoms with E-state index < -0.39 is 12.2 Å². The van der Waals surface area contributed by atoms with E-state index in [1.54, 1.807) is 35.1 Å². The molecule has 0 aromatic carbocycles. The summed E-state index contributed by atoms with van der Waals surface area (Å²) in [5.74, 6) is -0.0207. The molecule has 5 rings (SSSR count). The largest absolute Gasteiger partial charge is 0.481 e. The van der Waals surface area contributed by atoms with Crippen LogP contribution >= 0.6 is 38.6 Å². The highest BCUT2D eigenvalue weighted by atomic mass is 79.9. The van der Waals surface area contributed by atoms with Gasteiger partial charge in [0.15, 0.2) is 11.4 Å². The SMILES string of the molecule is C[C@@H]1CCCN1Cc1sc(NC(O)c2cnc(N3CCN(CCC(=O)O)CC3)cn2)nc1-c1cc(Br)cs1. The van der Waals surface area contributed by atoms with Crippen LogP contribution in [-0.4, -0.2) is 86.2 Å². The van der Waals surface area contributed by atoms with Crippen molar-refractivity contribution in [2.75, 3.05) is 49.5 Å². The molecule has 1 unspecified atom stereocenters. The zero-order chi connectivity index (χ0) is 26.6. The summed E-state index contributed by atoms with van der Waals surface area (Å²) in [7, 11) is 0. The fourth-order valence-corrected chi connectivity index (χ4v) is 7.38. The third-order valence-corrected chi connectivity index (χ3v) is 9.74. The third-order valence-electron chi connectivity index (χ3n) is 7.07. The van der Waals surface area contributed by atoms with Crippen molar-refractivity contribution in [3.8, 4) is 10.6 Å². The maximum Gasteiger partial charge on any atom is 0.304 e. The van der Waals surface area contributed by atoms with Gasteiger partial charge in [-0.2, -0.15) is 0 Å². The molecular formula is C25H32BrN7O3S2. The second-order valence-corrected chi connectivity index (χ2v) is 12.6. The number of hydrogen-bond acceptors (Lipinski definition) is 11. The molecule has 3 aromatic heterocycles. The van der Waals surface area contributed by atoms with Crippen LogP contribution in [-0.2, 0) is 11.3 Å². The van der Waals surface area contributed by atoms with E-state index in [-0.39, 0.29) is 6.42 Å². The molecule has 3 aromatic rings. The van der Waals surface area contributed by atoms with E-state index in [4.69, 9.17) is 10.1 Å². The summed E-state index contributed by atoms with van der Waals surface area (Å²) in [5.41, 5.74) is 1.39. The molecule has 0 amide bonds. The molecule has 3 N–H and O–H groups in total. The quantitative estimate of drug-likeness (QED) is 0.285. The second kappa shape index (κ2) is 12.3. The number of thiophene rings is 1. The highest BCUT2D eigenvalue weighted by Gasteiger charge is 2.25. The van der Waals surface area contributed by atoms with Crippen molar-refractivity contribution in [2.24, 2.45) is 0 Å². The van der Waals surface area contributed by atoms with Crippen molar-refractivity contribution in [2.45, 2.75) is 45.0 Å². The summed E-state index contributed by atoms with van der Waals surface area (Å²) in [4.78, 5) is 33.7. The lowest BCUT2D eigenvalue weighted by Gasteiger charge is -2.35. The predicted molar refractivity (Wildman–Crippen MR) is 154 cm³/mol. The number of anilines is 2.